The van der Waals surface area contributed by atoms with Gasteiger partial charge in [0.1, 0.15) is 8.07 Å². The molecule has 0 saturated heterocycles. The van der Waals surface area contributed by atoms with Gasteiger partial charge in [-0.2, -0.15) is 4.31 Å². The predicted molar refractivity (Wildman–Crippen MR) is 105 cm³/mol. The largest absolute Gasteiger partial charge is 0.244 e. The number of nitrogens with zero attached hydrogens (tertiary/aromatic N) is 1. The molecule has 0 N–H and O–H groups in total. The Kier molecular flexibility index (Phi) is 7.68. The number of sulfonamides is 1. The molecule has 5 heteroatoms. The Bertz CT molecular complexity index is 745. The molecule has 0 saturated carbocycles. The van der Waals surface area contributed by atoms with Crippen LogP contribution in [0.3, 0.4) is 0 Å². The molecule has 1 rings (SSSR count). The van der Waals surface area contributed by atoms with Gasteiger partial charge < -0.3 is 0 Å². The van der Waals surface area contributed by atoms with E-state index in [1.54, 1.807) is 12.1 Å². The van der Waals surface area contributed by atoms with E-state index in [1.807, 2.05) is 50.3 Å². The van der Waals surface area contributed by atoms with E-state index >= 15 is 0 Å². The van der Waals surface area contributed by atoms with E-state index in [2.05, 4.69) is 31.1 Å². The summed E-state index contributed by atoms with van der Waals surface area (Å²) in [6.45, 7) is 10.8. The van der Waals surface area contributed by atoms with Crippen LogP contribution in [0.2, 0.25) is 19.6 Å². The lowest BCUT2D eigenvalue weighted by atomic mass is 10.2. The van der Waals surface area contributed by atoms with Gasteiger partial charge in [0.2, 0.25) is 10.0 Å². The van der Waals surface area contributed by atoms with E-state index in [-0.39, 0.29) is 6.54 Å². The van der Waals surface area contributed by atoms with Gasteiger partial charge in [0, 0.05) is 6.54 Å². The molecule has 0 bridgehead atoms. The lowest BCUT2D eigenvalue weighted by molar-refractivity contribution is 0.478. The van der Waals surface area contributed by atoms with Crippen molar-refractivity contribution in [1.29, 1.82) is 0 Å². The summed E-state index contributed by atoms with van der Waals surface area (Å²) in [5, 5.41) is 0. The zero-order valence-corrected chi connectivity index (χ0v) is 17.0. The van der Waals surface area contributed by atoms with Gasteiger partial charge in [-0.15, -0.1) is 5.54 Å². The van der Waals surface area contributed by atoms with Crippen molar-refractivity contribution in [2.75, 3.05) is 13.1 Å². The van der Waals surface area contributed by atoms with Crippen LogP contribution in [-0.2, 0) is 10.0 Å². The molecule has 0 heterocycles. The second-order valence-corrected chi connectivity index (χ2v) is 13.3. The van der Waals surface area contributed by atoms with Crippen molar-refractivity contribution >= 4 is 18.1 Å². The minimum Gasteiger partial charge on any atom is -0.207 e. The molecule has 0 radical (unpaired) electrons. The Balaban J connectivity index is 3.09. The maximum absolute atomic E-state index is 12.9. The van der Waals surface area contributed by atoms with Gasteiger partial charge in [-0.25, -0.2) is 8.42 Å². The number of benzene rings is 1. The maximum Gasteiger partial charge on any atom is 0.244 e. The SMILES string of the molecule is C/C=C/C=C/CN(CC#C[Si](C)(C)C)S(=O)(=O)c1ccc(C)cc1. The number of allylic oxidation sites excluding steroid dienone is 3. The highest BCUT2D eigenvalue weighted by molar-refractivity contribution is 7.89. The smallest absolute Gasteiger partial charge is 0.207 e. The van der Waals surface area contributed by atoms with Crippen molar-refractivity contribution in [3.8, 4) is 11.5 Å². The van der Waals surface area contributed by atoms with Crippen LogP contribution in [0.15, 0.2) is 53.5 Å². The predicted octanol–water partition coefficient (Wildman–Crippen LogP) is 4.00. The summed E-state index contributed by atoms with van der Waals surface area (Å²) in [7, 11) is -5.08. The van der Waals surface area contributed by atoms with Gasteiger partial charge >= 0.3 is 0 Å². The topological polar surface area (TPSA) is 37.4 Å². The summed E-state index contributed by atoms with van der Waals surface area (Å²) in [6.07, 6.45) is 7.47. The molecule has 0 aliphatic carbocycles. The van der Waals surface area contributed by atoms with E-state index in [4.69, 9.17) is 0 Å². The fourth-order valence-electron chi connectivity index (χ4n) is 1.87. The summed E-state index contributed by atoms with van der Waals surface area (Å²) < 4.78 is 27.2. The Morgan fingerprint density at radius 2 is 1.75 bits per heavy atom. The molecule has 0 amide bonds. The summed E-state index contributed by atoms with van der Waals surface area (Å²) in [4.78, 5) is 0.308. The van der Waals surface area contributed by atoms with Crippen LogP contribution in [0.1, 0.15) is 12.5 Å². The van der Waals surface area contributed by atoms with E-state index in [0.29, 0.717) is 11.4 Å². The zero-order valence-electron chi connectivity index (χ0n) is 15.2. The summed E-state index contributed by atoms with van der Waals surface area (Å²) in [5.41, 5.74) is 4.27. The molecule has 3 nitrogen and oxygen atoms in total. The molecule has 0 spiro atoms. The molecule has 0 aromatic heterocycles. The molecule has 24 heavy (non-hydrogen) atoms. The number of hydrogen-bond acceptors (Lipinski definition) is 2. The summed E-state index contributed by atoms with van der Waals surface area (Å²) in [5.74, 6) is 3.06. The van der Waals surface area contributed by atoms with E-state index in [0.717, 1.165) is 5.56 Å². The first-order chi connectivity index (χ1) is 11.2. The highest BCUT2D eigenvalue weighted by Gasteiger charge is 2.22. The van der Waals surface area contributed by atoms with E-state index < -0.39 is 18.1 Å². The lowest BCUT2D eigenvalue weighted by Gasteiger charge is -2.18. The molecule has 0 atom stereocenters. The molecular formula is C19H27NO2SSi. The third-order valence-corrected chi connectivity index (χ3v) is 5.88. The third-order valence-electron chi connectivity index (χ3n) is 3.13. The van der Waals surface area contributed by atoms with Gasteiger partial charge in [0.25, 0.3) is 0 Å². The monoisotopic (exact) mass is 361 g/mol. The first kappa shape index (κ1) is 20.4. The fraction of sp³-hybridized carbons (Fsp3) is 0.368. The third kappa shape index (κ3) is 6.87. The average Bonchev–Trinajstić information content (AvgIpc) is 2.49. The molecule has 0 unspecified atom stereocenters. The minimum absolute atomic E-state index is 0.209. The van der Waals surface area contributed by atoms with Gasteiger partial charge in [-0.05, 0) is 26.0 Å². The Morgan fingerprint density at radius 1 is 1.12 bits per heavy atom. The van der Waals surface area contributed by atoms with Gasteiger partial charge in [0.05, 0.1) is 11.4 Å². The van der Waals surface area contributed by atoms with Crippen LogP contribution in [0.5, 0.6) is 0 Å². The van der Waals surface area contributed by atoms with Crippen LogP contribution < -0.4 is 0 Å². The van der Waals surface area contributed by atoms with Gasteiger partial charge in [0.15, 0.2) is 0 Å². The van der Waals surface area contributed by atoms with Crippen molar-refractivity contribution in [2.24, 2.45) is 0 Å². The molecule has 0 fully saturated rings. The van der Waals surface area contributed by atoms with Gasteiger partial charge in [-0.3, -0.25) is 0 Å². The first-order valence-corrected chi connectivity index (χ1v) is 13.0. The van der Waals surface area contributed by atoms with E-state index in [9.17, 15) is 8.42 Å². The van der Waals surface area contributed by atoms with Crippen molar-refractivity contribution in [2.45, 2.75) is 38.4 Å². The van der Waals surface area contributed by atoms with Crippen molar-refractivity contribution < 1.29 is 8.42 Å². The quantitative estimate of drug-likeness (QED) is 0.436. The second-order valence-electron chi connectivity index (χ2n) is 6.62. The van der Waals surface area contributed by atoms with Crippen molar-refractivity contribution in [3.63, 3.8) is 0 Å². The number of rotatable bonds is 6. The van der Waals surface area contributed by atoms with Crippen LogP contribution in [0.4, 0.5) is 0 Å². The Morgan fingerprint density at radius 3 is 2.29 bits per heavy atom. The highest BCUT2D eigenvalue weighted by atomic mass is 32.2. The molecule has 0 aliphatic rings. The molecule has 0 aliphatic heterocycles. The normalized spacial score (nSPS) is 12.8. The molecule has 1 aromatic rings. The number of aryl methyl sites for hydroxylation is 1. The van der Waals surface area contributed by atoms with Crippen LogP contribution in [0.25, 0.3) is 0 Å². The molecular weight excluding hydrogens is 334 g/mol. The van der Waals surface area contributed by atoms with Crippen molar-refractivity contribution in [3.05, 3.63) is 54.1 Å². The van der Waals surface area contributed by atoms with Crippen LogP contribution in [-0.4, -0.2) is 33.9 Å². The van der Waals surface area contributed by atoms with E-state index in [1.165, 1.54) is 4.31 Å². The number of hydrogen-bond donors (Lipinski definition) is 0. The fourth-order valence-corrected chi connectivity index (χ4v) is 3.77. The lowest BCUT2D eigenvalue weighted by Crippen LogP contribution is -2.32. The standard InChI is InChI=1S/C19H27NO2SSi/c1-6-7-8-9-15-20(16-10-17-24(3,4)5)23(21,22)19-13-11-18(2)12-14-19/h6-9,11-14H,15-16H2,1-5H3/b7-6+,9-8+. The second kappa shape index (κ2) is 9.02. The zero-order chi connectivity index (χ0) is 18.2. The summed E-state index contributed by atoms with van der Waals surface area (Å²) in [6, 6.07) is 6.93. The first-order valence-electron chi connectivity index (χ1n) is 8.01. The van der Waals surface area contributed by atoms with Gasteiger partial charge in [-0.1, -0.05) is 67.6 Å². The van der Waals surface area contributed by atoms with Crippen LogP contribution in [0, 0.1) is 18.4 Å². The summed E-state index contributed by atoms with van der Waals surface area (Å²) >= 11 is 0. The maximum atomic E-state index is 12.9. The highest BCUT2D eigenvalue weighted by Crippen LogP contribution is 2.16. The Labute approximate surface area is 148 Å². The Hall–Kier alpha value is -1.61. The minimum atomic E-state index is -3.55. The average molecular weight is 362 g/mol. The van der Waals surface area contributed by atoms with Crippen LogP contribution >= 0.6 is 0 Å². The van der Waals surface area contributed by atoms with Crippen molar-refractivity contribution in [1.82, 2.24) is 4.31 Å². The molecule has 1 aromatic carbocycles. The molecule has 130 valence electrons.